The summed E-state index contributed by atoms with van der Waals surface area (Å²) in [4.78, 5) is 0. The molecular weight excluding hydrogens is 379 g/mol. The summed E-state index contributed by atoms with van der Waals surface area (Å²) in [5.74, 6) is 0.326. The number of rotatable bonds is 7. The van der Waals surface area contributed by atoms with Crippen LogP contribution < -0.4 is 10.1 Å². The highest BCUT2D eigenvalue weighted by Crippen LogP contribution is 2.34. The first-order valence-electron chi connectivity index (χ1n) is 10.2. The van der Waals surface area contributed by atoms with Gasteiger partial charge in [-0.1, -0.05) is 23.5 Å². The summed E-state index contributed by atoms with van der Waals surface area (Å²) in [5, 5.41) is 1.81. The predicted molar refractivity (Wildman–Crippen MR) is 118 cm³/mol. The van der Waals surface area contributed by atoms with Crippen molar-refractivity contribution in [3.8, 4) is 16.9 Å². The highest BCUT2D eigenvalue weighted by atomic mass is 19.1. The molecule has 0 spiro atoms. The summed E-state index contributed by atoms with van der Waals surface area (Å²) in [5.41, 5.74) is 1.98. The summed E-state index contributed by atoms with van der Waals surface area (Å²) in [7, 11) is 15.6. The minimum Gasteiger partial charge on any atom is -0.465 e. The van der Waals surface area contributed by atoms with Crippen LogP contribution in [0.3, 0.4) is 0 Å². The molecule has 2 unspecified atom stereocenters. The topological polar surface area (TPSA) is 39.7 Å². The van der Waals surface area contributed by atoms with Crippen molar-refractivity contribution in [3.63, 3.8) is 0 Å². The minimum atomic E-state index is -1.09. The second-order valence-electron chi connectivity index (χ2n) is 8.37. The second kappa shape index (κ2) is 9.13. The maximum Gasteiger partial charge on any atom is 0.200 e. The number of benzene rings is 2. The summed E-state index contributed by atoms with van der Waals surface area (Å²) in [6.07, 6.45) is 1.55. The van der Waals surface area contributed by atoms with Crippen LogP contribution >= 0.6 is 0 Å². The van der Waals surface area contributed by atoms with E-state index in [1.807, 2.05) is 38.1 Å². The standard InChI is InChI=1S/C23H28B2FNO3/c1-22(2)20(28-4)10-11-21(30-22)29-18-9-8-16(14-23(24,25)27-3)19(13-18)15-6-5-7-17(26)12-15/h5-9,12-13,20-21,27H,10-11,14H2,1-4H3. The number of likely N-dealkylation sites (N-methyl/N-ethyl adjacent to an activating group) is 1. The number of methoxy groups -OCH3 is 1. The van der Waals surface area contributed by atoms with E-state index >= 15 is 0 Å². The van der Waals surface area contributed by atoms with Crippen molar-refractivity contribution in [1.82, 2.24) is 5.32 Å². The quantitative estimate of drug-likeness (QED) is 0.713. The third kappa shape index (κ3) is 5.45. The molecule has 1 N–H and O–H groups in total. The summed E-state index contributed by atoms with van der Waals surface area (Å²) in [6.45, 7) is 4.00. The lowest BCUT2D eigenvalue weighted by Gasteiger charge is -2.41. The highest BCUT2D eigenvalue weighted by Gasteiger charge is 2.39. The monoisotopic (exact) mass is 407 g/mol. The van der Waals surface area contributed by atoms with Crippen molar-refractivity contribution >= 4 is 15.7 Å². The lowest BCUT2D eigenvalue weighted by Crippen LogP contribution is -2.49. The Balaban J connectivity index is 1.89. The molecule has 1 saturated heterocycles. The summed E-state index contributed by atoms with van der Waals surface area (Å²) >= 11 is 0. The van der Waals surface area contributed by atoms with E-state index in [4.69, 9.17) is 29.9 Å². The number of hydrogen-bond acceptors (Lipinski definition) is 4. The summed E-state index contributed by atoms with van der Waals surface area (Å²) < 4.78 is 31.7. The van der Waals surface area contributed by atoms with E-state index < -0.39 is 17.2 Å². The molecule has 7 heteroatoms. The average molecular weight is 407 g/mol. The zero-order chi connectivity index (χ0) is 21.9. The number of halogens is 1. The molecule has 4 nitrogen and oxygen atoms in total. The zero-order valence-corrected chi connectivity index (χ0v) is 18.1. The van der Waals surface area contributed by atoms with Gasteiger partial charge in [0, 0.05) is 13.5 Å². The molecule has 1 fully saturated rings. The first-order chi connectivity index (χ1) is 14.1. The number of ether oxygens (including phenoxy) is 3. The maximum absolute atomic E-state index is 13.9. The first-order valence-corrected chi connectivity index (χ1v) is 10.2. The predicted octanol–water partition coefficient (Wildman–Crippen LogP) is 3.55. The van der Waals surface area contributed by atoms with Crippen molar-refractivity contribution in [2.24, 2.45) is 0 Å². The van der Waals surface area contributed by atoms with Crippen LogP contribution in [0.25, 0.3) is 11.1 Å². The molecule has 0 bridgehead atoms. The van der Waals surface area contributed by atoms with E-state index in [1.165, 1.54) is 12.1 Å². The van der Waals surface area contributed by atoms with Gasteiger partial charge < -0.3 is 19.5 Å². The SMILES string of the molecule is [B]C([B])(Cc1ccc(OC2CCC(OC)C(C)(C)O2)cc1-c1cccc(F)c1)NC. The Bertz CT molecular complexity index is 875. The van der Waals surface area contributed by atoms with Crippen molar-refractivity contribution in [2.45, 2.75) is 56.4 Å². The van der Waals surface area contributed by atoms with Crippen LogP contribution in [0.2, 0.25) is 0 Å². The van der Waals surface area contributed by atoms with Crippen LogP contribution in [0.15, 0.2) is 42.5 Å². The highest BCUT2D eigenvalue weighted by molar-refractivity contribution is 6.40. The van der Waals surface area contributed by atoms with Crippen LogP contribution in [0.4, 0.5) is 4.39 Å². The van der Waals surface area contributed by atoms with Crippen LogP contribution in [-0.2, 0) is 15.9 Å². The van der Waals surface area contributed by atoms with E-state index in [0.717, 1.165) is 23.1 Å². The van der Waals surface area contributed by atoms with E-state index in [1.54, 1.807) is 20.2 Å². The van der Waals surface area contributed by atoms with Crippen molar-refractivity contribution in [3.05, 3.63) is 53.8 Å². The fraction of sp³-hybridized carbons (Fsp3) is 0.478. The fourth-order valence-corrected chi connectivity index (χ4v) is 3.86. The minimum absolute atomic E-state index is 0.0198. The zero-order valence-electron chi connectivity index (χ0n) is 18.1. The van der Waals surface area contributed by atoms with Gasteiger partial charge in [-0.05, 0) is 74.7 Å². The molecule has 0 aromatic heterocycles. The Morgan fingerprint density at radius 3 is 2.60 bits per heavy atom. The van der Waals surface area contributed by atoms with E-state index in [-0.39, 0.29) is 11.9 Å². The normalized spacial score (nSPS) is 21.4. The molecule has 0 amide bonds. The number of hydrogen-bond donors (Lipinski definition) is 1. The molecule has 0 saturated carbocycles. The third-order valence-electron chi connectivity index (χ3n) is 5.59. The maximum atomic E-state index is 13.9. The molecular formula is C23H28B2FNO3. The Hall–Kier alpha value is -1.82. The number of nitrogens with one attached hydrogen (secondary N) is 1. The van der Waals surface area contributed by atoms with Crippen LogP contribution in [0.1, 0.15) is 32.3 Å². The van der Waals surface area contributed by atoms with Gasteiger partial charge in [0.05, 0.1) is 27.4 Å². The Morgan fingerprint density at radius 1 is 1.20 bits per heavy atom. The fourth-order valence-electron chi connectivity index (χ4n) is 3.86. The van der Waals surface area contributed by atoms with Gasteiger partial charge in [0.2, 0.25) is 6.29 Å². The lowest BCUT2D eigenvalue weighted by atomic mass is 9.59. The van der Waals surface area contributed by atoms with Gasteiger partial charge in [0.25, 0.3) is 0 Å². The first kappa shape index (κ1) is 22.9. The van der Waals surface area contributed by atoms with Crippen LogP contribution in [0.5, 0.6) is 5.75 Å². The molecule has 3 rings (SSSR count). The van der Waals surface area contributed by atoms with Crippen molar-refractivity contribution in [2.75, 3.05) is 14.2 Å². The largest absolute Gasteiger partial charge is 0.465 e. The Labute approximate surface area is 181 Å². The smallest absolute Gasteiger partial charge is 0.200 e. The van der Waals surface area contributed by atoms with Gasteiger partial charge >= 0.3 is 0 Å². The van der Waals surface area contributed by atoms with Gasteiger partial charge in [-0.25, -0.2) is 4.39 Å². The Morgan fingerprint density at radius 2 is 1.97 bits per heavy atom. The molecule has 156 valence electrons. The van der Waals surface area contributed by atoms with Gasteiger partial charge in [0.1, 0.15) is 11.6 Å². The molecule has 1 aliphatic rings. The van der Waals surface area contributed by atoms with Crippen LogP contribution in [-0.4, -0.2) is 53.2 Å². The molecule has 4 radical (unpaired) electrons. The molecule has 1 aliphatic heterocycles. The molecule has 2 atom stereocenters. The molecule has 30 heavy (non-hydrogen) atoms. The van der Waals surface area contributed by atoms with Gasteiger partial charge in [0.15, 0.2) is 0 Å². The second-order valence-corrected chi connectivity index (χ2v) is 8.37. The molecule has 2 aromatic carbocycles. The van der Waals surface area contributed by atoms with Gasteiger partial charge in [-0.3, -0.25) is 0 Å². The van der Waals surface area contributed by atoms with Crippen LogP contribution in [0, 0.1) is 5.82 Å². The third-order valence-corrected chi connectivity index (χ3v) is 5.59. The van der Waals surface area contributed by atoms with Gasteiger partial charge in [-0.15, -0.1) is 0 Å². The molecule has 2 aromatic rings. The van der Waals surface area contributed by atoms with Gasteiger partial charge in [-0.2, -0.15) is 0 Å². The average Bonchev–Trinajstić information content (AvgIpc) is 2.68. The van der Waals surface area contributed by atoms with Crippen molar-refractivity contribution in [1.29, 1.82) is 0 Å². The van der Waals surface area contributed by atoms with E-state index in [2.05, 4.69) is 5.32 Å². The Kier molecular flexibility index (Phi) is 6.95. The summed E-state index contributed by atoms with van der Waals surface area (Å²) in [6, 6.07) is 12.1. The molecule has 1 heterocycles. The molecule has 0 aliphatic carbocycles. The van der Waals surface area contributed by atoms with E-state index in [0.29, 0.717) is 18.6 Å². The van der Waals surface area contributed by atoms with Crippen molar-refractivity contribution < 1.29 is 18.6 Å². The van der Waals surface area contributed by atoms with E-state index in [9.17, 15) is 4.39 Å². The lowest BCUT2D eigenvalue weighted by molar-refractivity contribution is -0.233.